The molecule has 51 heavy (non-hydrogen) atoms. The van der Waals surface area contributed by atoms with Crippen LogP contribution >= 0.6 is 11.6 Å². The third kappa shape index (κ3) is 6.49. The van der Waals surface area contributed by atoms with Gasteiger partial charge in [-0.3, -0.25) is 4.68 Å². The number of halogens is 1. The Kier molecular flexibility index (Phi) is 10.7. The van der Waals surface area contributed by atoms with Crippen LogP contribution in [0.1, 0.15) is 77.0 Å². The summed E-state index contributed by atoms with van der Waals surface area (Å²) in [4.78, 5) is 0. The largest absolute Gasteiger partial charge is 0.389 e. The predicted octanol–water partition coefficient (Wildman–Crippen LogP) is 5.37. The standard InChI is InChI=1S/C38H56ClN3O9/c1-34(2)49-21-37-32(51-34)16-29(47-22-44-4)17-36(37,43)13-12-30-33(37)31(48-23-45-5)18-35(3)26(11-14-38(30,35)50-24-46-6)19-42-20-28(40-41-42)15-25-7-9-27(39)10-8-25/h7-10,20,26,29-33,43H,11-19,21-24H2,1-6H3/t26-,29+,30?,31-,32-,33?,35-,36+,37-,38+/m1/s1. The highest BCUT2D eigenvalue weighted by Gasteiger charge is 2.77. The van der Waals surface area contributed by atoms with Crippen LogP contribution in [0.4, 0.5) is 0 Å². The second-order valence-electron chi connectivity index (χ2n) is 16.3. The van der Waals surface area contributed by atoms with Crippen molar-refractivity contribution in [2.45, 2.75) is 114 Å². The summed E-state index contributed by atoms with van der Waals surface area (Å²) < 4.78 is 51.9. The Balaban J connectivity index is 1.24. The maximum absolute atomic E-state index is 13.0. The summed E-state index contributed by atoms with van der Waals surface area (Å²) >= 11 is 6.11. The number of nitrogens with zero attached hydrogens (tertiary/aromatic N) is 3. The van der Waals surface area contributed by atoms with Crippen molar-refractivity contribution in [1.82, 2.24) is 15.0 Å². The van der Waals surface area contributed by atoms with Gasteiger partial charge >= 0.3 is 0 Å². The Hall–Kier alpha value is -1.71. The third-order valence-electron chi connectivity index (χ3n) is 13.4. The molecule has 2 aromatic rings. The topological polar surface area (TPSA) is 125 Å². The Morgan fingerprint density at radius 2 is 1.71 bits per heavy atom. The molecule has 0 bridgehead atoms. The summed E-state index contributed by atoms with van der Waals surface area (Å²) in [6.07, 6.45) is 6.85. The second-order valence-corrected chi connectivity index (χ2v) is 16.8. The molecule has 2 unspecified atom stereocenters. The molecule has 1 aliphatic heterocycles. The van der Waals surface area contributed by atoms with Crippen LogP contribution in [0, 0.1) is 28.6 Å². The van der Waals surface area contributed by atoms with Gasteiger partial charge in [-0.1, -0.05) is 35.9 Å². The SMILES string of the molecule is COCO[C@H]1C[C@H]2OC(C)(C)OC[C@]23C2C(CC[C@]3(O)C1)[C@@]1(OCOC)CC[C@H](Cn3cc(Cc4ccc(Cl)cc4)nn3)[C@@]1(C)C[C@H]2OCOC. The number of aliphatic hydroxyl groups is 1. The summed E-state index contributed by atoms with van der Waals surface area (Å²) in [6, 6.07) is 7.86. The maximum atomic E-state index is 13.0. The molecular weight excluding hydrogens is 678 g/mol. The van der Waals surface area contributed by atoms with E-state index in [1.807, 2.05) is 42.8 Å². The first kappa shape index (κ1) is 37.6. The minimum Gasteiger partial charge on any atom is -0.389 e. The molecule has 1 aromatic heterocycles. The molecule has 5 aliphatic rings. The first-order valence-corrected chi connectivity index (χ1v) is 18.8. The number of benzene rings is 1. The van der Waals surface area contributed by atoms with Crippen LogP contribution in [0.15, 0.2) is 30.5 Å². The van der Waals surface area contributed by atoms with Crippen molar-refractivity contribution in [3.8, 4) is 0 Å². The monoisotopic (exact) mass is 733 g/mol. The van der Waals surface area contributed by atoms with Crippen molar-refractivity contribution in [3.05, 3.63) is 46.7 Å². The van der Waals surface area contributed by atoms with Crippen LogP contribution in [0.25, 0.3) is 0 Å². The van der Waals surface area contributed by atoms with Gasteiger partial charge in [0.15, 0.2) is 5.79 Å². The average Bonchev–Trinajstić information content (AvgIpc) is 3.66. The van der Waals surface area contributed by atoms with E-state index in [1.165, 1.54) is 0 Å². The van der Waals surface area contributed by atoms with E-state index in [2.05, 4.69) is 23.4 Å². The molecular formula is C38H56ClN3O9. The van der Waals surface area contributed by atoms with Gasteiger partial charge in [0.2, 0.25) is 0 Å². The van der Waals surface area contributed by atoms with Gasteiger partial charge in [0.25, 0.3) is 0 Å². The molecule has 4 aliphatic carbocycles. The molecule has 1 saturated heterocycles. The molecule has 1 spiro atoms. The van der Waals surface area contributed by atoms with Crippen molar-refractivity contribution in [1.29, 1.82) is 0 Å². The van der Waals surface area contributed by atoms with Crippen molar-refractivity contribution < 1.29 is 43.0 Å². The summed E-state index contributed by atoms with van der Waals surface area (Å²) in [5.41, 5.74) is -0.693. The van der Waals surface area contributed by atoms with E-state index in [4.69, 9.17) is 49.5 Å². The minimum atomic E-state index is -1.11. The molecule has 12 nitrogen and oxygen atoms in total. The Bertz CT molecular complexity index is 1500. The number of methoxy groups -OCH3 is 3. The molecule has 0 amide bonds. The number of hydrogen-bond donors (Lipinski definition) is 1. The molecule has 13 heteroatoms. The fourth-order valence-corrected chi connectivity index (χ4v) is 11.4. The summed E-state index contributed by atoms with van der Waals surface area (Å²) in [5, 5.41) is 22.8. The molecule has 5 fully saturated rings. The maximum Gasteiger partial charge on any atom is 0.163 e. The quantitative estimate of drug-likeness (QED) is 0.267. The van der Waals surface area contributed by atoms with Gasteiger partial charge in [0.1, 0.15) is 20.4 Å². The van der Waals surface area contributed by atoms with Crippen LogP contribution in [0.2, 0.25) is 5.02 Å². The number of fused-ring (bicyclic) bond motifs is 3. The highest BCUT2D eigenvalue weighted by atomic mass is 35.5. The fourth-order valence-electron chi connectivity index (χ4n) is 11.2. The molecule has 4 saturated carbocycles. The smallest absolute Gasteiger partial charge is 0.163 e. The zero-order valence-corrected chi connectivity index (χ0v) is 31.7. The molecule has 10 atom stereocenters. The van der Waals surface area contributed by atoms with E-state index in [1.54, 1.807) is 21.3 Å². The molecule has 1 N–H and O–H groups in total. The predicted molar refractivity (Wildman–Crippen MR) is 187 cm³/mol. The van der Waals surface area contributed by atoms with E-state index in [0.717, 1.165) is 30.5 Å². The Morgan fingerprint density at radius 1 is 0.961 bits per heavy atom. The van der Waals surface area contributed by atoms with Crippen LogP contribution in [0.3, 0.4) is 0 Å². The van der Waals surface area contributed by atoms with E-state index in [0.29, 0.717) is 50.3 Å². The van der Waals surface area contributed by atoms with Crippen LogP contribution in [0.5, 0.6) is 0 Å². The van der Waals surface area contributed by atoms with Crippen molar-refractivity contribution in [2.24, 2.45) is 28.6 Å². The lowest BCUT2D eigenvalue weighted by Crippen LogP contribution is -2.78. The van der Waals surface area contributed by atoms with Gasteiger partial charge in [-0.05, 0) is 75.5 Å². The average molecular weight is 734 g/mol. The van der Waals surface area contributed by atoms with Gasteiger partial charge in [0, 0.05) is 69.7 Å². The molecule has 0 radical (unpaired) electrons. The summed E-state index contributed by atoms with van der Waals surface area (Å²) in [5.74, 6) is -0.704. The number of ether oxygens (including phenoxy) is 8. The molecule has 1 aromatic carbocycles. The third-order valence-corrected chi connectivity index (χ3v) is 13.6. The van der Waals surface area contributed by atoms with Gasteiger partial charge in [-0.2, -0.15) is 0 Å². The first-order chi connectivity index (χ1) is 24.4. The lowest BCUT2D eigenvalue weighted by Gasteiger charge is -2.71. The molecule has 7 rings (SSSR count). The van der Waals surface area contributed by atoms with Crippen LogP contribution in [-0.2, 0) is 50.9 Å². The highest BCUT2D eigenvalue weighted by molar-refractivity contribution is 6.30. The van der Waals surface area contributed by atoms with E-state index < -0.39 is 22.4 Å². The van der Waals surface area contributed by atoms with E-state index in [-0.39, 0.29) is 61.9 Å². The Morgan fingerprint density at radius 3 is 2.45 bits per heavy atom. The number of aromatic nitrogens is 3. The molecule has 2 heterocycles. The van der Waals surface area contributed by atoms with Crippen LogP contribution in [-0.4, -0.2) is 104 Å². The van der Waals surface area contributed by atoms with Gasteiger partial charge in [-0.25, -0.2) is 0 Å². The van der Waals surface area contributed by atoms with Gasteiger partial charge < -0.3 is 43.0 Å². The normalized spacial score (nSPS) is 39.9. The Labute approximate surface area is 306 Å². The number of hydrogen-bond acceptors (Lipinski definition) is 11. The zero-order valence-electron chi connectivity index (χ0n) is 31.0. The van der Waals surface area contributed by atoms with Gasteiger partial charge in [-0.15, -0.1) is 5.10 Å². The van der Waals surface area contributed by atoms with Crippen molar-refractivity contribution in [3.63, 3.8) is 0 Å². The molecule has 284 valence electrons. The van der Waals surface area contributed by atoms with E-state index >= 15 is 0 Å². The van der Waals surface area contributed by atoms with Crippen molar-refractivity contribution in [2.75, 3.05) is 48.3 Å². The fraction of sp³-hybridized carbons (Fsp3) is 0.789. The second kappa shape index (κ2) is 14.5. The summed E-state index contributed by atoms with van der Waals surface area (Å²) in [7, 11) is 4.96. The zero-order chi connectivity index (χ0) is 36.1. The van der Waals surface area contributed by atoms with Crippen molar-refractivity contribution >= 4 is 11.6 Å². The minimum absolute atomic E-state index is 0.0297. The lowest BCUT2D eigenvalue weighted by molar-refractivity contribution is -0.409. The van der Waals surface area contributed by atoms with E-state index in [9.17, 15) is 5.11 Å². The number of rotatable bonds is 13. The summed E-state index contributed by atoms with van der Waals surface area (Å²) in [6.45, 7) is 7.80. The highest BCUT2D eigenvalue weighted by Crippen LogP contribution is 2.72. The lowest BCUT2D eigenvalue weighted by atomic mass is 9.40. The first-order valence-electron chi connectivity index (χ1n) is 18.4. The van der Waals surface area contributed by atoms with Crippen LogP contribution < -0.4 is 0 Å². The van der Waals surface area contributed by atoms with Gasteiger partial charge in [0.05, 0.1) is 47.2 Å².